The number of aromatic amines is 1. The van der Waals surface area contributed by atoms with E-state index in [2.05, 4.69) is 29.4 Å². The first kappa shape index (κ1) is 8.98. The highest BCUT2D eigenvalue weighted by Gasteiger charge is 2.21. The number of hydrogen-bond donors (Lipinski definition) is 1. The number of rotatable bonds is 4. The van der Waals surface area contributed by atoms with Crippen molar-refractivity contribution >= 4 is 10.9 Å². The number of benzene rings is 1. The van der Waals surface area contributed by atoms with Crippen LogP contribution in [0.5, 0.6) is 0 Å². The van der Waals surface area contributed by atoms with E-state index in [4.69, 9.17) is 4.74 Å². The summed E-state index contributed by atoms with van der Waals surface area (Å²) in [5.74, 6) is 0.843. The third kappa shape index (κ3) is 1.90. The maximum atomic E-state index is 5.69. The second-order valence-corrected chi connectivity index (χ2v) is 4.32. The van der Waals surface area contributed by atoms with Gasteiger partial charge in [-0.1, -0.05) is 18.2 Å². The van der Waals surface area contributed by atoms with Crippen LogP contribution in [-0.4, -0.2) is 11.6 Å². The first-order chi connectivity index (χ1) is 7.43. The molecular formula is C13H15NO. The predicted molar refractivity (Wildman–Crippen MR) is 60.7 cm³/mol. The number of nitrogens with one attached hydrogen (secondary N) is 1. The fraction of sp³-hybridized carbons (Fsp3) is 0.385. The normalized spacial score (nSPS) is 16.0. The van der Waals surface area contributed by atoms with Gasteiger partial charge in [0.1, 0.15) is 0 Å². The Morgan fingerprint density at radius 1 is 1.27 bits per heavy atom. The van der Waals surface area contributed by atoms with Crippen molar-refractivity contribution in [2.24, 2.45) is 5.92 Å². The van der Waals surface area contributed by atoms with Gasteiger partial charge in [0.05, 0.1) is 6.61 Å². The van der Waals surface area contributed by atoms with Gasteiger partial charge in [-0.15, -0.1) is 0 Å². The summed E-state index contributed by atoms with van der Waals surface area (Å²) in [5, 5.41) is 1.29. The van der Waals surface area contributed by atoms with Gasteiger partial charge in [0.25, 0.3) is 0 Å². The number of hydrogen-bond acceptors (Lipinski definition) is 1. The monoisotopic (exact) mass is 201 g/mol. The van der Waals surface area contributed by atoms with Crippen LogP contribution in [0.2, 0.25) is 0 Å². The number of fused-ring (bicyclic) bond motifs is 1. The molecule has 1 heterocycles. The van der Waals surface area contributed by atoms with E-state index in [1.807, 2.05) is 6.07 Å². The highest BCUT2D eigenvalue weighted by atomic mass is 16.5. The fourth-order valence-electron chi connectivity index (χ4n) is 1.87. The van der Waals surface area contributed by atoms with Crippen molar-refractivity contribution in [2.45, 2.75) is 19.4 Å². The molecule has 1 saturated carbocycles. The van der Waals surface area contributed by atoms with Crippen molar-refractivity contribution in [1.29, 1.82) is 0 Å². The first-order valence-electron chi connectivity index (χ1n) is 5.56. The summed E-state index contributed by atoms with van der Waals surface area (Å²) in [4.78, 5) is 3.26. The quantitative estimate of drug-likeness (QED) is 0.807. The van der Waals surface area contributed by atoms with Gasteiger partial charge >= 0.3 is 0 Å². The Bertz CT molecular complexity index is 456. The molecule has 3 rings (SSSR count). The molecule has 0 amide bonds. The molecule has 1 aromatic heterocycles. The van der Waals surface area contributed by atoms with E-state index in [9.17, 15) is 0 Å². The fourth-order valence-corrected chi connectivity index (χ4v) is 1.87. The van der Waals surface area contributed by atoms with Crippen molar-refractivity contribution in [1.82, 2.24) is 4.98 Å². The zero-order valence-electron chi connectivity index (χ0n) is 8.70. The Morgan fingerprint density at radius 3 is 3.00 bits per heavy atom. The predicted octanol–water partition coefficient (Wildman–Crippen LogP) is 3.09. The average Bonchev–Trinajstić information content (AvgIpc) is 3.00. The first-order valence-corrected chi connectivity index (χ1v) is 5.56. The highest BCUT2D eigenvalue weighted by Crippen LogP contribution is 2.29. The van der Waals surface area contributed by atoms with Crippen molar-refractivity contribution < 1.29 is 4.74 Å². The Morgan fingerprint density at radius 2 is 2.13 bits per heavy atom. The number of ether oxygens (including phenoxy) is 1. The van der Waals surface area contributed by atoms with Gasteiger partial charge in [0.15, 0.2) is 0 Å². The van der Waals surface area contributed by atoms with Crippen LogP contribution in [0.1, 0.15) is 18.4 Å². The van der Waals surface area contributed by atoms with Crippen LogP contribution in [-0.2, 0) is 11.3 Å². The SMILES string of the molecule is c1ccc2c(COCC3CC3)c[nH]c2c1. The Balaban J connectivity index is 1.72. The Kier molecular flexibility index (Phi) is 2.22. The van der Waals surface area contributed by atoms with E-state index in [0.29, 0.717) is 0 Å². The van der Waals surface area contributed by atoms with Gasteiger partial charge < -0.3 is 9.72 Å². The van der Waals surface area contributed by atoms with Crippen LogP contribution >= 0.6 is 0 Å². The molecule has 1 fully saturated rings. The van der Waals surface area contributed by atoms with Gasteiger partial charge in [-0.05, 0) is 24.8 Å². The molecule has 0 spiro atoms. The lowest BCUT2D eigenvalue weighted by Crippen LogP contribution is -1.95. The zero-order chi connectivity index (χ0) is 10.1. The van der Waals surface area contributed by atoms with Crippen LogP contribution in [0, 0.1) is 5.92 Å². The third-order valence-electron chi connectivity index (χ3n) is 2.98. The summed E-state index contributed by atoms with van der Waals surface area (Å²) in [6.45, 7) is 1.67. The largest absolute Gasteiger partial charge is 0.376 e. The molecule has 2 nitrogen and oxygen atoms in total. The summed E-state index contributed by atoms with van der Waals surface area (Å²) < 4.78 is 5.69. The maximum Gasteiger partial charge on any atom is 0.0737 e. The molecule has 0 bridgehead atoms. The van der Waals surface area contributed by atoms with Crippen molar-refractivity contribution in [3.05, 3.63) is 36.0 Å². The lowest BCUT2D eigenvalue weighted by Gasteiger charge is -2.01. The minimum Gasteiger partial charge on any atom is -0.376 e. The molecule has 0 radical (unpaired) electrons. The average molecular weight is 201 g/mol. The van der Waals surface area contributed by atoms with E-state index in [0.717, 1.165) is 19.1 Å². The zero-order valence-corrected chi connectivity index (χ0v) is 8.70. The van der Waals surface area contributed by atoms with Gasteiger partial charge in [-0.2, -0.15) is 0 Å². The van der Waals surface area contributed by atoms with Crippen LogP contribution in [0.4, 0.5) is 0 Å². The topological polar surface area (TPSA) is 25.0 Å². The molecule has 1 aliphatic rings. The molecule has 2 aromatic rings. The molecule has 0 unspecified atom stereocenters. The minimum atomic E-state index is 0.737. The van der Waals surface area contributed by atoms with Crippen molar-refractivity contribution in [3.8, 4) is 0 Å². The van der Waals surface area contributed by atoms with E-state index >= 15 is 0 Å². The van der Waals surface area contributed by atoms with E-state index in [1.165, 1.54) is 29.3 Å². The molecule has 1 aliphatic carbocycles. The number of H-pyrrole nitrogens is 1. The molecule has 2 heteroatoms. The summed E-state index contributed by atoms with van der Waals surface area (Å²) in [6.07, 6.45) is 4.76. The summed E-state index contributed by atoms with van der Waals surface area (Å²) in [7, 11) is 0. The molecule has 1 N–H and O–H groups in total. The maximum absolute atomic E-state index is 5.69. The van der Waals surface area contributed by atoms with Crippen LogP contribution < -0.4 is 0 Å². The number of para-hydroxylation sites is 1. The summed E-state index contributed by atoms with van der Waals surface area (Å²) in [6, 6.07) is 8.36. The standard InChI is InChI=1S/C13H15NO/c1-2-4-13-12(3-1)11(7-14-13)9-15-8-10-5-6-10/h1-4,7,10,14H,5-6,8-9H2. The van der Waals surface area contributed by atoms with Crippen LogP contribution in [0.25, 0.3) is 10.9 Å². The van der Waals surface area contributed by atoms with Crippen LogP contribution in [0.3, 0.4) is 0 Å². The minimum absolute atomic E-state index is 0.737. The lowest BCUT2D eigenvalue weighted by atomic mass is 10.2. The van der Waals surface area contributed by atoms with E-state index < -0.39 is 0 Å². The molecular weight excluding hydrogens is 186 g/mol. The van der Waals surface area contributed by atoms with E-state index in [-0.39, 0.29) is 0 Å². The molecule has 78 valence electrons. The van der Waals surface area contributed by atoms with E-state index in [1.54, 1.807) is 0 Å². The van der Waals surface area contributed by atoms with Crippen molar-refractivity contribution in [2.75, 3.05) is 6.61 Å². The molecule has 1 aromatic carbocycles. The molecule has 0 aliphatic heterocycles. The van der Waals surface area contributed by atoms with Gasteiger partial charge in [0, 0.05) is 29.3 Å². The smallest absolute Gasteiger partial charge is 0.0737 e. The highest BCUT2D eigenvalue weighted by molar-refractivity contribution is 5.82. The second kappa shape index (κ2) is 3.70. The lowest BCUT2D eigenvalue weighted by molar-refractivity contribution is 0.112. The molecule has 0 saturated heterocycles. The Hall–Kier alpha value is -1.28. The summed E-state index contributed by atoms with van der Waals surface area (Å²) in [5.41, 5.74) is 2.47. The number of aromatic nitrogens is 1. The molecule has 15 heavy (non-hydrogen) atoms. The molecule has 0 atom stereocenters. The van der Waals surface area contributed by atoms with Gasteiger partial charge in [-0.3, -0.25) is 0 Å². The second-order valence-electron chi connectivity index (χ2n) is 4.32. The summed E-state index contributed by atoms with van der Waals surface area (Å²) >= 11 is 0. The Labute approximate surface area is 89.3 Å². The third-order valence-corrected chi connectivity index (χ3v) is 2.98. The van der Waals surface area contributed by atoms with Crippen molar-refractivity contribution in [3.63, 3.8) is 0 Å². The van der Waals surface area contributed by atoms with Gasteiger partial charge in [0.2, 0.25) is 0 Å². The van der Waals surface area contributed by atoms with Crippen LogP contribution in [0.15, 0.2) is 30.5 Å². The van der Waals surface area contributed by atoms with Gasteiger partial charge in [-0.25, -0.2) is 0 Å².